The Morgan fingerprint density at radius 3 is 2.18 bits per heavy atom. The van der Waals surface area contributed by atoms with Crippen LogP contribution in [0.25, 0.3) is 0 Å². The third kappa shape index (κ3) is 4.50. The molecule has 4 heteroatoms. The van der Waals surface area contributed by atoms with E-state index in [-0.39, 0.29) is 5.38 Å². The van der Waals surface area contributed by atoms with E-state index in [1.54, 1.807) is 0 Å². The summed E-state index contributed by atoms with van der Waals surface area (Å²) in [5.74, 6) is 1.23. The monoisotopic (exact) mass is 255 g/mol. The van der Waals surface area contributed by atoms with Gasteiger partial charge in [-0.1, -0.05) is 26.7 Å². The summed E-state index contributed by atoms with van der Waals surface area (Å²) in [6.07, 6.45) is 2.22. The van der Waals surface area contributed by atoms with Crippen LogP contribution in [0.4, 0.5) is 5.95 Å². The Morgan fingerprint density at radius 1 is 1.18 bits per heavy atom. The van der Waals surface area contributed by atoms with Crippen molar-refractivity contribution in [3.8, 4) is 0 Å². The van der Waals surface area contributed by atoms with Crippen molar-refractivity contribution < 1.29 is 0 Å². The molecule has 1 atom stereocenters. The number of hydrogen-bond acceptors (Lipinski definition) is 3. The predicted molar refractivity (Wildman–Crippen MR) is 73.7 cm³/mol. The molecule has 1 unspecified atom stereocenters. The zero-order valence-corrected chi connectivity index (χ0v) is 11.9. The van der Waals surface area contributed by atoms with Crippen LogP contribution in [0, 0.1) is 19.8 Å². The summed E-state index contributed by atoms with van der Waals surface area (Å²) in [5, 5.41) is 3.35. The average molecular weight is 256 g/mol. The van der Waals surface area contributed by atoms with Crippen LogP contribution < -0.4 is 5.32 Å². The second kappa shape index (κ2) is 6.80. The van der Waals surface area contributed by atoms with Crippen LogP contribution in [-0.2, 0) is 0 Å². The molecular weight excluding hydrogens is 234 g/mol. The van der Waals surface area contributed by atoms with Gasteiger partial charge in [-0.2, -0.15) is 0 Å². The topological polar surface area (TPSA) is 37.8 Å². The van der Waals surface area contributed by atoms with Crippen LogP contribution >= 0.6 is 11.6 Å². The molecule has 0 fully saturated rings. The van der Waals surface area contributed by atoms with E-state index in [1.807, 2.05) is 19.9 Å². The molecule has 0 bridgehead atoms. The Balaban J connectivity index is 2.55. The van der Waals surface area contributed by atoms with Crippen LogP contribution in [0.1, 0.15) is 38.1 Å². The molecule has 0 saturated carbocycles. The lowest BCUT2D eigenvalue weighted by molar-refractivity contribution is 0.475. The van der Waals surface area contributed by atoms with Gasteiger partial charge >= 0.3 is 0 Å². The summed E-state index contributed by atoms with van der Waals surface area (Å²) < 4.78 is 0. The van der Waals surface area contributed by atoms with Gasteiger partial charge in [0, 0.05) is 17.9 Å². The van der Waals surface area contributed by atoms with Crippen LogP contribution in [0.5, 0.6) is 0 Å². The molecule has 3 nitrogen and oxygen atoms in total. The van der Waals surface area contributed by atoms with Crippen LogP contribution in [0.2, 0.25) is 0 Å². The highest BCUT2D eigenvalue weighted by molar-refractivity contribution is 6.21. The number of alkyl halides is 1. The SMILES string of the molecule is CCC(CC)C(Cl)CNc1nc(C)cc(C)n1. The molecule has 0 amide bonds. The first kappa shape index (κ1) is 14.2. The fraction of sp³-hybridized carbons (Fsp3) is 0.692. The molecule has 1 aromatic rings. The van der Waals surface area contributed by atoms with Crippen molar-refractivity contribution >= 4 is 17.5 Å². The summed E-state index contributed by atoms with van der Waals surface area (Å²) >= 11 is 6.36. The summed E-state index contributed by atoms with van der Waals surface area (Å²) in [4.78, 5) is 8.67. The number of rotatable bonds is 6. The lowest BCUT2D eigenvalue weighted by Gasteiger charge is -2.19. The minimum Gasteiger partial charge on any atom is -0.353 e. The molecule has 0 aliphatic carbocycles. The van der Waals surface area contributed by atoms with Crippen molar-refractivity contribution in [1.29, 1.82) is 0 Å². The number of aromatic nitrogens is 2. The molecule has 0 aliphatic heterocycles. The predicted octanol–water partition coefficient (Wildman–Crippen LogP) is 3.55. The molecule has 17 heavy (non-hydrogen) atoms. The van der Waals surface area contributed by atoms with Gasteiger partial charge in [0.25, 0.3) is 0 Å². The Bertz CT molecular complexity index is 330. The molecule has 1 aromatic heterocycles. The van der Waals surface area contributed by atoms with Gasteiger partial charge in [0.2, 0.25) is 5.95 Å². The van der Waals surface area contributed by atoms with Gasteiger partial charge in [-0.05, 0) is 25.8 Å². The van der Waals surface area contributed by atoms with E-state index >= 15 is 0 Å². The number of hydrogen-bond donors (Lipinski definition) is 1. The third-order valence-electron chi connectivity index (χ3n) is 3.00. The third-order valence-corrected chi connectivity index (χ3v) is 3.51. The number of aryl methyl sites for hydroxylation is 2. The van der Waals surface area contributed by atoms with E-state index < -0.39 is 0 Å². The summed E-state index contributed by atoms with van der Waals surface area (Å²) in [7, 11) is 0. The van der Waals surface area contributed by atoms with Crippen LogP contribution in [0.3, 0.4) is 0 Å². The first-order valence-electron chi connectivity index (χ1n) is 6.27. The molecule has 1 heterocycles. The zero-order valence-electron chi connectivity index (χ0n) is 11.1. The Hall–Kier alpha value is -0.830. The number of nitrogens with one attached hydrogen (secondary N) is 1. The smallest absolute Gasteiger partial charge is 0.223 e. The average Bonchev–Trinajstić information content (AvgIpc) is 2.27. The number of halogens is 1. The van der Waals surface area contributed by atoms with Crippen molar-refractivity contribution in [3.63, 3.8) is 0 Å². The van der Waals surface area contributed by atoms with Crippen molar-refractivity contribution in [1.82, 2.24) is 9.97 Å². The zero-order chi connectivity index (χ0) is 12.8. The lowest BCUT2D eigenvalue weighted by Crippen LogP contribution is -2.23. The van der Waals surface area contributed by atoms with Gasteiger partial charge in [-0.25, -0.2) is 9.97 Å². The maximum absolute atomic E-state index is 6.36. The quantitative estimate of drug-likeness (QED) is 0.790. The van der Waals surface area contributed by atoms with Gasteiger partial charge < -0.3 is 5.32 Å². The minimum atomic E-state index is 0.134. The highest BCUT2D eigenvalue weighted by Crippen LogP contribution is 2.18. The van der Waals surface area contributed by atoms with Crippen LogP contribution in [0.15, 0.2) is 6.07 Å². The van der Waals surface area contributed by atoms with E-state index in [9.17, 15) is 0 Å². The first-order chi connectivity index (χ1) is 8.06. The molecule has 0 radical (unpaired) electrons. The van der Waals surface area contributed by atoms with Gasteiger partial charge in [0.1, 0.15) is 0 Å². The maximum Gasteiger partial charge on any atom is 0.223 e. The van der Waals surface area contributed by atoms with Gasteiger partial charge in [-0.3, -0.25) is 0 Å². The number of nitrogens with zero attached hydrogens (tertiary/aromatic N) is 2. The Morgan fingerprint density at radius 2 is 1.71 bits per heavy atom. The summed E-state index contributed by atoms with van der Waals surface area (Å²) in [6, 6.07) is 1.96. The first-order valence-corrected chi connectivity index (χ1v) is 6.70. The van der Waals surface area contributed by atoms with Gasteiger partial charge in [0.15, 0.2) is 0 Å². The van der Waals surface area contributed by atoms with E-state index in [0.29, 0.717) is 11.9 Å². The van der Waals surface area contributed by atoms with E-state index in [1.165, 1.54) is 0 Å². The maximum atomic E-state index is 6.36. The Labute approximate surface area is 109 Å². The van der Waals surface area contributed by atoms with E-state index in [2.05, 4.69) is 29.1 Å². The Kier molecular flexibility index (Phi) is 5.69. The normalized spacial score (nSPS) is 12.8. The van der Waals surface area contributed by atoms with Crippen molar-refractivity contribution in [2.45, 2.75) is 45.9 Å². The van der Waals surface area contributed by atoms with Crippen molar-refractivity contribution in [2.24, 2.45) is 5.92 Å². The van der Waals surface area contributed by atoms with E-state index in [4.69, 9.17) is 11.6 Å². The van der Waals surface area contributed by atoms with Gasteiger partial charge in [0.05, 0.1) is 5.38 Å². The largest absolute Gasteiger partial charge is 0.353 e. The summed E-state index contributed by atoms with van der Waals surface area (Å²) in [6.45, 7) is 9.02. The minimum absolute atomic E-state index is 0.134. The lowest BCUT2D eigenvalue weighted by atomic mass is 9.99. The molecule has 96 valence electrons. The second-order valence-electron chi connectivity index (χ2n) is 4.45. The van der Waals surface area contributed by atoms with E-state index in [0.717, 1.165) is 30.8 Å². The molecular formula is C13H22ClN3. The molecule has 0 saturated heterocycles. The fourth-order valence-electron chi connectivity index (χ4n) is 1.96. The highest BCUT2D eigenvalue weighted by Gasteiger charge is 2.15. The van der Waals surface area contributed by atoms with Crippen LogP contribution in [-0.4, -0.2) is 21.9 Å². The fourth-order valence-corrected chi connectivity index (χ4v) is 2.39. The van der Waals surface area contributed by atoms with Crippen molar-refractivity contribution in [3.05, 3.63) is 17.5 Å². The molecule has 1 N–H and O–H groups in total. The number of anilines is 1. The van der Waals surface area contributed by atoms with Gasteiger partial charge in [-0.15, -0.1) is 11.6 Å². The summed E-state index contributed by atoms with van der Waals surface area (Å²) in [5.41, 5.74) is 1.96. The second-order valence-corrected chi connectivity index (χ2v) is 5.01. The molecule has 1 rings (SSSR count). The highest BCUT2D eigenvalue weighted by atomic mass is 35.5. The van der Waals surface area contributed by atoms with Crippen molar-refractivity contribution in [2.75, 3.05) is 11.9 Å². The molecule has 0 aromatic carbocycles. The molecule has 0 aliphatic rings. The molecule has 0 spiro atoms. The standard InChI is InChI=1S/C13H22ClN3/c1-5-11(6-2)12(14)8-15-13-16-9(3)7-10(4)17-13/h7,11-12H,5-6,8H2,1-4H3,(H,15,16,17).